The molecule has 0 aliphatic heterocycles. The van der Waals surface area contributed by atoms with Crippen molar-refractivity contribution < 1.29 is 8.78 Å². The number of halogens is 3. The van der Waals surface area contributed by atoms with E-state index in [4.69, 9.17) is 9.07 Å². The summed E-state index contributed by atoms with van der Waals surface area (Å²) in [6.07, 6.45) is 0. The summed E-state index contributed by atoms with van der Waals surface area (Å²) in [5, 5.41) is 0. The van der Waals surface area contributed by atoms with Crippen LogP contribution in [-0.2, 0) is 4.05 Å². The molecule has 0 heterocycles. The van der Waals surface area contributed by atoms with Crippen molar-refractivity contribution in [2.75, 3.05) is 0 Å². The predicted octanol–water partition coefficient (Wildman–Crippen LogP) is 2.59. The first kappa shape index (κ1) is 9.23. The Kier molecular flexibility index (Phi) is 3.10. The zero-order valence-corrected chi connectivity index (χ0v) is 7.90. The van der Waals surface area contributed by atoms with E-state index in [1.807, 2.05) is 0 Å². The van der Waals surface area contributed by atoms with E-state index in [1.165, 1.54) is 12.1 Å². The van der Waals surface area contributed by atoms with Gasteiger partial charge in [0.25, 0.3) is 0 Å². The molecule has 4 heteroatoms. The van der Waals surface area contributed by atoms with Crippen molar-refractivity contribution in [1.82, 2.24) is 0 Å². The van der Waals surface area contributed by atoms with Crippen molar-refractivity contribution in [2.24, 2.45) is 0 Å². The average Bonchev–Trinajstić information content (AvgIpc) is 2.06. The van der Waals surface area contributed by atoms with E-state index in [0.29, 0.717) is 0 Å². The van der Waals surface area contributed by atoms with E-state index in [2.05, 4.69) is 0 Å². The second-order valence-corrected chi connectivity index (χ2v) is 4.16. The van der Waals surface area contributed by atoms with Crippen LogP contribution in [0.1, 0.15) is 5.56 Å². The van der Waals surface area contributed by atoms with E-state index < -0.39 is 23.3 Å². The lowest BCUT2D eigenvalue weighted by molar-refractivity contribution is 0.0923. The predicted molar refractivity (Wildman–Crippen MR) is 41.9 cm³/mol. The highest BCUT2D eigenvalue weighted by Gasteiger charge is 2.32. The molecule has 0 atom stereocenters. The van der Waals surface area contributed by atoms with Crippen molar-refractivity contribution in [3.05, 3.63) is 35.9 Å². The largest absolute Gasteiger partial charge is 0.610 e. The van der Waals surface area contributed by atoms with Crippen molar-refractivity contribution in [3.63, 3.8) is 0 Å². The molecule has 0 aromatic heterocycles. The molecule has 0 amide bonds. The molecular formula is C7H5ClF2Mg. The van der Waals surface area contributed by atoms with Crippen molar-refractivity contribution in [2.45, 2.75) is 4.05 Å². The van der Waals surface area contributed by atoms with Gasteiger partial charge >= 0.3 is 19.3 Å². The van der Waals surface area contributed by atoms with Crippen LogP contribution in [0, 0.1) is 0 Å². The molecule has 1 rings (SSSR count). The fourth-order valence-corrected chi connectivity index (χ4v) is 1.61. The van der Waals surface area contributed by atoms with Crippen LogP contribution in [0.4, 0.5) is 8.78 Å². The molecular weight excluding hydrogens is 182 g/mol. The minimum absolute atomic E-state index is 0.0293. The van der Waals surface area contributed by atoms with Gasteiger partial charge in [0.2, 0.25) is 0 Å². The van der Waals surface area contributed by atoms with Crippen LogP contribution in [0.25, 0.3) is 0 Å². The third-order valence-corrected chi connectivity index (χ3v) is 3.11. The summed E-state index contributed by atoms with van der Waals surface area (Å²) < 4.78 is 22.9. The molecule has 0 saturated carbocycles. The lowest BCUT2D eigenvalue weighted by Gasteiger charge is -2.12. The fraction of sp³-hybridized carbons (Fsp3) is 0.143. The number of hydrogen-bond acceptors (Lipinski definition) is 0. The van der Waals surface area contributed by atoms with Gasteiger partial charge in [-0.05, 0) is 5.56 Å². The number of rotatable bonds is 2. The normalized spacial score (nSPS) is 10.8. The summed E-state index contributed by atoms with van der Waals surface area (Å²) in [6.45, 7) is 0. The molecule has 11 heavy (non-hydrogen) atoms. The summed E-state index contributed by atoms with van der Waals surface area (Å²) in [6, 6.07) is 7.68. The quantitative estimate of drug-likeness (QED) is 0.624. The highest BCUT2D eigenvalue weighted by molar-refractivity contribution is 6.94. The molecule has 0 fully saturated rings. The van der Waals surface area contributed by atoms with Crippen LogP contribution in [0.5, 0.6) is 0 Å². The molecule has 0 N–H and O–H groups in total. The molecule has 0 radical (unpaired) electrons. The molecule has 0 bridgehead atoms. The van der Waals surface area contributed by atoms with Gasteiger partial charge in [0, 0.05) is 0 Å². The summed E-state index contributed by atoms with van der Waals surface area (Å²) in [7, 11) is 5.22. The number of alkyl halides is 2. The Bertz CT molecular complexity index is 225. The fourth-order valence-electron chi connectivity index (χ4n) is 0.759. The van der Waals surface area contributed by atoms with E-state index in [0.717, 1.165) is 0 Å². The first-order chi connectivity index (χ1) is 5.17. The molecule has 0 aliphatic rings. The molecule has 0 nitrogen and oxygen atoms in total. The standard InChI is InChI=1S/C7H5F2.ClH.Mg/c8-7(9)6-4-2-1-3-5-6;;/h1-5H;1H;/q;;+1/p-1. The smallest absolute Gasteiger partial charge is 0.333 e. The van der Waals surface area contributed by atoms with Crippen molar-refractivity contribution >= 4 is 28.3 Å². The zero-order chi connectivity index (χ0) is 8.32. The van der Waals surface area contributed by atoms with Gasteiger partial charge < -0.3 is 9.07 Å². The molecule has 0 unspecified atom stereocenters. The summed E-state index contributed by atoms with van der Waals surface area (Å²) >= 11 is -1.82. The second-order valence-electron chi connectivity index (χ2n) is 2.20. The highest BCUT2D eigenvalue weighted by atomic mass is 35.5. The van der Waals surface area contributed by atoms with Gasteiger partial charge in [-0.15, -0.1) is 0 Å². The Morgan fingerprint density at radius 2 is 1.73 bits per heavy atom. The maximum atomic E-state index is 12.8. The molecule has 1 aromatic rings. The lowest BCUT2D eigenvalue weighted by Crippen LogP contribution is -2.17. The third-order valence-electron chi connectivity index (χ3n) is 1.36. The van der Waals surface area contributed by atoms with Crippen LogP contribution in [0.3, 0.4) is 0 Å². The zero-order valence-electron chi connectivity index (χ0n) is 5.73. The van der Waals surface area contributed by atoms with Crippen LogP contribution >= 0.6 is 9.07 Å². The Balaban J connectivity index is 2.93. The van der Waals surface area contributed by atoms with Crippen molar-refractivity contribution in [1.29, 1.82) is 0 Å². The Labute approximate surface area is 77.1 Å². The molecule has 56 valence electrons. The van der Waals surface area contributed by atoms with E-state index in [1.54, 1.807) is 18.2 Å². The molecule has 1 aromatic carbocycles. The Morgan fingerprint density at radius 1 is 1.18 bits per heavy atom. The third kappa shape index (κ3) is 2.29. The van der Waals surface area contributed by atoms with Gasteiger partial charge in [0.1, 0.15) is 0 Å². The number of hydrogen-bond donors (Lipinski definition) is 0. The Morgan fingerprint density at radius 3 is 2.18 bits per heavy atom. The van der Waals surface area contributed by atoms with E-state index >= 15 is 0 Å². The molecule has 0 saturated heterocycles. The first-order valence-corrected chi connectivity index (χ1v) is 6.00. The highest BCUT2D eigenvalue weighted by Crippen LogP contribution is 2.26. The summed E-state index contributed by atoms with van der Waals surface area (Å²) in [4.78, 5) is 0. The van der Waals surface area contributed by atoms with Crippen LogP contribution in [0.15, 0.2) is 30.3 Å². The monoisotopic (exact) mass is 186 g/mol. The lowest BCUT2D eigenvalue weighted by atomic mass is 10.2. The average molecular weight is 187 g/mol. The maximum absolute atomic E-state index is 12.8. The van der Waals surface area contributed by atoms with E-state index in [9.17, 15) is 8.78 Å². The van der Waals surface area contributed by atoms with Gasteiger partial charge in [-0.25, -0.2) is 8.78 Å². The molecule has 0 aliphatic carbocycles. The summed E-state index contributed by atoms with van der Waals surface area (Å²) in [5.41, 5.74) is 0.0293. The topological polar surface area (TPSA) is 0 Å². The van der Waals surface area contributed by atoms with Crippen LogP contribution in [-0.4, -0.2) is 19.3 Å². The second kappa shape index (κ2) is 3.69. The Hall–Kier alpha value is 0.136. The van der Waals surface area contributed by atoms with Crippen LogP contribution in [0.2, 0.25) is 0 Å². The van der Waals surface area contributed by atoms with Crippen molar-refractivity contribution in [3.8, 4) is 0 Å². The maximum Gasteiger partial charge on any atom is 0.610 e. The van der Waals surface area contributed by atoms with Gasteiger partial charge in [0.05, 0.1) is 0 Å². The first-order valence-electron chi connectivity index (χ1n) is 3.16. The van der Waals surface area contributed by atoms with Gasteiger partial charge in [-0.1, -0.05) is 30.3 Å². The SMILES string of the molecule is F[C](F)([Mg][Cl])c1ccccc1. The minimum atomic E-state index is -2.76. The van der Waals surface area contributed by atoms with Crippen LogP contribution < -0.4 is 0 Å². The van der Waals surface area contributed by atoms with Gasteiger partial charge in [-0.3, -0.25) is 0 Å². The minimum Gasteiger partial charge on any atom is -0.333 e. The van der Waals surface area contributed by atoms with Gasteiger partial charge in [0.15, 0.2) is 4.05 Å². The molecule has 0 spiro atoms. The van der Waals surface area contributed by atoms with E-state index in [-0.39, 0.29) is 5.56 Å². The number of benzene rings is 1. The van der Waals surface area contributed by atoms with Gasteiger partial charge in [-0.2, -0.15) is 0 Å². The summed E-state index contributed by atoms with van der Waals surface area (Å²) in [5.74, 6) is 0.